The van der Waals surface area contributed by atoms with Crippen LogP contribution in [0.3, 0.4) is 0 Å². The molecule has 5 nitrogen and oxygen atoms in total. The standard InChI is InChI=1S/C26H27NO4/c1-29-23-17-20(18-24(30-2)26(23)31-3)14-15-25(28)27-22(21-12-8-5-9-13-21)16-19-10-6-4-7-11-19/h4-15,17-18,22H,16H2,1-3H3,(H,27,28)/b15-14+. The van der Waals surface area contributed by atoms with Gasteiger partial charge in [-0.1, -0.05) is 60.7 Å². The van der Waals surface area contributed by atoms with E-state index in [9.17, 15) is 4.79 Å². The van der Waals surface area contributed by atoms with Crippen LogP contribution in [0.4, 0.5) is 0 Å². The molecule has 160 valence electrons. The molecule has 1 N–H and O–H groups in total. The fraction of sp³-hybridized carbons (Fsp3) is 0.192. The van der Waals surface area contributed by atoms with E-state index in [-0.39, 0.29) is 11.9 Å². The predicted molar refractivity (Wildman–Crippen MR) is 123 cm³/mol. The first-order valence-corrected chi connectivity index (χ1v) is 10.0. The van der Waals surface area contributed by atoms with Crippen LogP contribution in [0.2, 0.25) is 0 Å². The highest BCUT2D eigenvalue weighted by Crippen LogP contribution is 2.38. The quantitative estimate of drug-likeness (QED) is 0.507. The minimum absolute atomic E-state index is 0.138. The minimum atomic E-state index is -0.182. The van der Waals surface area contributed by atoms with Crippen molar-refractivity contribution in [1.29, 1.82) is 0 Å². The highest BCUT2D eigenvalue weighted by Gasteiger charge is 2.15. The number of ether oxygens (including phenoxy) is 3. The zero-order chi connectivity index (χ0) is 22.1. The molecule has 1 unspecified atom stereocenters. The summed E-state index contributed by atoms with van der Waals surface area (Å²) in [4.78, 5) is 12.7. The molecule has 1 amide bonds. The largest absolute Gasteiger partial charge is 0.493 e. The van der Waals surface area contributed by atoms with E-state index < -0.39 is 0 Å². The predicted octanol–water partition coefficient (Wildman–Crippen LogP) is 4.83. The summed E-state index contributed by atoms with van der Waals surface area (Å²) >= 11 is 0. The number of carbonyl (C=O) groups excluding carboxylic acids is 1. The molecule has 3 rings (SSSR count). The summed E-state index contributed by atoms with van der Waals surface area (Å²) in [6.07, 6.45) is 3.95. The first kappa shape index (κ1) is 22.0. The summed E-state index contributed by atoms with van der Waals surface area (Å²) in [5, 5.41) is 3.12. The summed E-state index contributed by atoms with van der Waals surface area (Å²) in [5.74, 6) is 1.40. The number of amides is 1. The molecule has 0 aromatic heterocycles. The molecule has 0 fully saturated rings. The lowest BCUT2D eigenvalue weighted by Gasteiger charge is -2.18. The van der Waals surface area contributed by atoms with E-state index in [0.29, 0.717) is 23.7 Å². The van der Waals surface area contributed by atoms with Crippen LogP contribution in [0.5, 0.6) is 17.2 Å². The Balaban J connectivity index is 1.78. The molecule has 0 aliphatic rings. The fourth-order valence-electron chi connectivity index (χ4n) is 3.38. The Morgan fingerprint density at radius 3 is 2.00 bits per heavy atom. The van der Waals surface area contributed by atoms with E-state index in [1.54, 1.807) is 39.5 Å². The monoisotopic (exact) mass is 417 g/mol. The van der Waals surface area contributed by atoms with Crippen molar-refractivity contribution in [1.82, 2.24) is 5.32 Å². The average Bonchev–Trinajstić information content (AvgIpc) is 2.82. The van der Waals surface area contributed by atoms with Gasteiger partial charge < -0.3 is 19.5 Å². The third-order valence-corrected chi connectivity index (χ3v) is 4.92. The van der Waals surface area contributed by atoms with Crippen molar-refractivity contribution in [3.8, 4) is 17.2 Å². The van der Waals surface area contributed by atoms with Gasteiger partial charge in [0.15, 0.2) is 11.5 Å². The van der Waals surface area contributed by atoms with Crippen LogP contribution in [0, 0.1) is 0 Å². The van der Waals surface area contributed by atoms with Gasteiger partial charge >= 0.3 is 0 Å². The summed E-state index contributed by atoms with van der Waals surface area (Å²) in [5.41, 5.74) is 2.98. The topological polar surface area (TPSA) is 56.8 Å². The number of hydrogen-bond donors (Lipinski definition) is 1. The van der Waals surface area contributed by atoms with Crippen LogP contribution in [-0.4, -0.2) is 27.2 Å². The van der Waals surface area contributed by atoms with E-state index in [0.717, 1.165) is 16.7 Å². The van der Waals surface area contributed by atoms with E-state index >= 15 is 0 Å². The van der Waals surface area contributed by atoms with Crippen molar-refractivity contribution >= 4 is 12.0 Å². The SMILES string of the molecule is COc1cc(/C=C/C(=O)NC(Cc2ccccc2)c2ccccc2)cc(OC)c1OC. The van der Waals surface area contributed by atoms with Gasteiger partial charge in [-0.25, -0.2) is 0 Å². The zero-order valence-electron chi connectivity index (χ0n) is 18.0. The summed E-state index contributed by atoms with van der Waals surface area (Å²) in [7, 11) is 4.68. The summed E-state index contributed by atoms with van der Waals surface area (Å²) in [6, 6.07) is 23.5. The molecule has 0 saturated carbocycles. The van der Waals surface area contributed by atoms with Crippen molar-refractivity contribution in [3.05, 3.63) is 95.6 Å². The van der Waals surface area contributed by atoms with E-state index in [1.165, 1.54) is 6.08 Å². The Bertz CT molecular complexity index is 991. The second-order valence-corrected chi connectivity index (χ2v) is 6.95. The molecule has 0 spiro atoms. The normalized spacial score (nSPS) is 11.7. The van der Waals surface area contributed by atoms with Crippen molar-refractivity contribution in [2.75, 3.05) is 21.3 Å². The van der Waals surface area contributed by atoms with Crippen LogP contribution < -0.4 is 19.5 Å². The van der Waals surface area contributed by atoms with Crippen LogP contribution in [0.1, 0.15) is 22.7 Å². The molecule has 3 aromatic carbocycles. The molecule has 1 atom stereocenters. The molecule has 0 saturated heterocycles. The third-order valence-electron chi connectivity index (χ3n) is 4.92. The highest BCUT2D eigenvalue weighted by molar-refractivity contribution is 5.92. The fourth-order valence-corrected chi connectivity index (χ4v) is 3.38. The van der Waals surface area contributed by atoms with Crippen molar-refractivity contribution in [3.63, 3.8) is 0 Å². The highest BCUT2D eigenvalue weighted by atomic mass is 16.5. The zero-order valence-corrected chi connectivity index (χ0v) is 18.0. The number of methoxy groups -OCH3 is 3. The summed E-state index contributed by atoms with van der Waals surface area (Å²) in [6.45, 7) is 0. The smallest absolute Gasteiger partial charge is 0.244 e. The molecule has 0 aliphatic carbocycles. The molecule has 0 aliphatic heterocycles. The van der Waals surface area contributed by atoms with E-state index in [4.69, 9.17) is 14.2 Å². The number of nitrogens with one attached hydrogen (secondary N) is 1. The number of carbonyl (C=O) groups is 1. The van der Waals surface area contributed by atoms with Crippen molar-refractivity contribution < 1.29 is 19.0 Å². The molecule has 5 heteroatoms. The third kappa shape index (κ3) is 5.89. The van der Waals surface area contributed by atoms with Crippen LogP contribution in [-0.2, 0) is 11.2 Å². The first-order chi connectivity index (χ1) is 15.1. The molecular formula is C26H27NO4. The van der Waals surface area contributed by atoms with Gasteiger partial charge in [-0.3, -0.25) is 4.79 Å². The lowest BCUT2D eigenvalue weighted by Crippen LogP contribution is -2.28. The Morgan fingerprint density at radius 1 is 0.871 bits per heavy atom. The maximum Gasteiger partial charge on any atom is 0.244 e. The molecule has 0 heterocycles. The molecule has 0 bridgehead atoms. The van der Waals surface area contributed by atoms with Crippen molar-refractivity contribution in [2.45, 2.75) is 12.5 Å². The van der Waals surface area contributed by atoms with Crippen LogP contribution >= 0.6 is 0 Å². The number of hydrogen-bond acceptors (Lipinski definition) is 4. The molecular weight excluding hydrogens is 390 g/mol. The van der Waals surface area contributed by atoms with Gasteiger partial charge in [-0.15, -0.1) is 0 Å². The Kier molecular flexibility index (Phi) is 7.71. The van der Waals surface area contributed by atoms with Gasteiger partial charge in [0, 0.05) is 6.08 Å². The second kappa shape index (κ2) is 10.9. The van der Waals surface area contributed by atoms with E-state index in [2.05, 4.69) is 17.4 Å². The molecule has 0 radical (unpaired) electrons. The van der Waals surface area contributed by atoms with Gasteiger partial charge in [0.05, 0.1) is 27.4 Å². The Labute approximate surface area is 183 Å². The Morgan fingerprint density at radius 2 is 1.45 bits per heavy atom. The van der Waals surface area contributed by atoms with Crippen molar-refractivity contribution in [2.24, 2.45) is 0 Å². The van der Waals surface area contributed by atoms with Gasteiger partial charge in [-0.2, -0.15) is 0 Å². The van der Waals surface area contributed by atoms with Gasteiger partial charge in [-0.05, 0) is 41.3 Å². The Hall–Kier alpha value is -3.73. The number of rotatable bonds is 9. The van der Waals surface area contributed by atoms with E-state index in [1.807, 2.05) is 48.5 Å². The second-order valence-electron chi connectivity index (χ2n) is 6.95. The summed E-state index contributed by atoms with van der Waals surface area (Å²) < 4.78 is 16.1. The lowest BCUT2D eigenvalue weighted by molar-refractivity contribution is -0.117. The van der Waals surface area contributed by atoms with Crippen LogP contribution in [0.25, 0.3) is 6.08 Å². The van der Waals surface area contributed by atoms with Gasteiger partial charge in [0.1, 0.15) is 0 Å². The first-order valence-electron chi connectivity index (χ1n) is 10.0. The molecule has 3 aromatic rings. The van der Waals surface area contributed by atoms with Crippen LogP contribution in [0.15, 0.2) is 78.9 Å². The number of benzene rings is 3. The molecule has 31 heavy (non-hydrogen) atoms. The van der Waals surface area contributed by atoms with Gasteiger partial charge in [0.25, 0.3) is 0 Å². The average molecular weight is 418 g/mol. The lowest BCUT2D eigenvalue weighted by atomic mass is 9.99. The maximum absolute atomic E-state index is 12.7. The minimum Gasteiger partial charge on any atom is -0.493 e. The van der Waals surface area contributed by atoms with Gasteiger partial charge in [0.2, 0.25) is 11.7 Å². The maximum atomic E-state index is 12.7.